The number of hydrogen-bond donors (Lipinski definition) is 0. The van der Waals surface area contributed by atoms with Crippen LogP contribution in [-0.2, 0) is 6.42 Å². The topological polar surface area (TPSA) is 42.0 Å². The number of rotatable bonds is 4. The molecule has 2 aromatic carbocycles. The summed E-state index contributed by atoms with van der Waals surface area (Å²) in [5.74, 6) is 1.24. The molecule has 27 heavy (non-hydrogen) atoms. The van der Waals surface area contributed by atoms with E-state index in [1.54, 1.807) is 32.4 Å². The van der Waals surface area contributed by atoms with Crippen LogP contribution >= 0.6 is 0 Å². The third kappa shape index (κ3) is 3.46. The van der Waals surface area contributed by atoms with Gasteiger partial charge in [0.25, 0.3) is 5.91 Å². The largest absolute Gasteiger partial charge is 0.497 e. The summed E-state index contributed by atoms with van der Waals surface area (Å²) in [4.78, 5) is 17.7. The molecule has 5 heteroatoms. The molecule has 0 unspecified atom stereocenters. The highest BCUT2D eigenvalue weighted by Gasteiger charge is 2.26. The first kappa shape index (κ1) is 17.7. The molecule has 5 nitrogen and oxygen atoms in total. The van der Waals surface area contributed by atoms with Crippen molar-refractivity contribution in [1.82, 2.24) is 0 Å². The molecule has 1 saturated heterocycles. The molecular formula is C22H26N2O3. The molecule has 2 aliphatic heterocycles. The first-order chi connectivity index (χ1) is 13.2. The Bertz CT molecular complexity index is 821. The van der Waals surface area contributed by atoms with Gasteiger partial charge in [0, 0.05) is 42.6 Å². The number of aryl methyl sites for hydroxylation is 1. The zero-order valence-electron chi connectivity index (χ0n) is 16.0. The van der Waals surface area contributed by atoms with E-state index in [1.165, 1.54) is 24.1 Å². The summed E-state index contributed by atoms with van der Waals surface area (Å²) in [7, 11) is 3.20. The van der Waals surface area contributed by atoms with Crippen molar-refractivity contribution < 1.29 is 14.3 Å². The Morgan fingerprint density at radius 2 is 1.59 bits per heavy atom. The lowest BCUT2D eigenvalue weighted by Crippen LogP contribution is -2.35. The van der Waals surface area contributed by atoms with Gasteiger partial charge in [-0.25, -0.2) is 0 Å². The number of hydrogen-bond acceptors (Lipinski definition) is 4. The SMILES string of the molecule is COc1cc(OC)cc(C(=O)N2CCCc3ccc(N4CCCC4)cc32)c1. The van der Waals surface area contributed by atoms with Gasteiger partial charge < -0.3 is 19.3 Å². The van der Waals surface area contributed by atoms with Crippen molar-refractivity contribution in [2.75, 3.05) is 43.7 Å². The summed E-state index contributed by atoms with van der Waals surface area (Å²) >= 11 is 0. The normalized spacial score (nSPS) is 16.2. The molecule has 4 rings (SSSR count). The quantitative estimate of drug-likeness (QED) is 0.823. The number of anilines is 2. The van der Waals surface area contributed by atoms with E-state index in [2.05, 4.69) is 23.1 Å². The fraction of sp³-hybridized carbons (Fsp3) is 0.409. The summed E-state index contributed by atoms with van der Waals surface area (Å²) in [5.41, 5.74) is 4.09. The molecule has 0 N–H and O–H groups in total. The molecule has 2 aliphatic rings. The van der Waals surface area contributed by atoms with Crippen molar-refractivity contribution in [3.8, 4) is 11.5 Å². The summed E-state index contributed by atoms with van der Waals surface area (Å²) in [6, 6.07) is 11.9. The maximum absolute atomic E-state index is 13.3. The second kappa shape index (κ2) is 7.51. The van der Waals surface area contributed by atoms with Gasteiger partial charge in [-0.1, -0.05) is 6.07 Å². The van der Waals surface area contributed by atoms with Crippen molar-refractivity contribution in [2.24, 2.45) is 0 Å². The summed E-state index contributed by atoms with van der Waals surface area (Å²) in [6.45, 7) is 2.93. The zero-order chi connectivity index (χ0) is 18.8. The third-order valence-corrected chi connectivity index (χ3v) is 5.50. The number of carbonyl (C=O) groups excluding carboxylic acids is 1. The predicted octanol–water partition coefficient (Wildman–Crippen LogP) is 3.90. The molecule has 0 saturated carbocycles. The lowest BCUT2D eigenvalue weighted by atomic mass is 9.99. The highest BCUT2D eigenvalue weighted by molar-refractivity contribution is 6.07. The van der Waals surface area contributed by atoms with Crippen LogP contribution in [0.2, 0.25) is 0 Å². The molecule has 2 aromatic rings. The fourth-order valence-corrected chi connectivity index (χ4v) is 4.03. The lowest BCUT2D eigenvalue weighted by molar-refractivity contribution is 0.0984. The van der Waals surface area contributed by atoms with Gasteiger partial charge in [-0.3, -0.25) is 4.79 Å². The van der Waals surface area contributed by atoms with Gasteiger partial charge in [0.2, 0.25) is 0 Å². The third-order valence-electron chi connectivity index (χ3n) is 5.50. The Labute approximate surface area is 160 Å². The van der Waals surface area contributed by atoms with Crippen LogP contribution in [0, 0.1) is 0 Å². The van der Waals surface area contributed by atoms with E-state index >= 15 is 0 Å². The number of nitrogens with zero attached hydrogens (tertiary/aromatic N) is 2. The molecule has 142 valence electrons. The Balaban J connectivity index is 1.69. The summed E-state index contributed by atoms with van der Waals surface area (Å²) in [6.07, 6.45) is 4.47. The standard InChI is InChI=1S/C22H26N2O3/c1-26-19-12-17(13-20(15-19)27-2)22(25)24-11-5-6-16-7-8-18(14-21(16)24)23-9-3-4-10-23/h7-8,12-15H,3-6,9-11H2,1-2H3. The Morgan fingerprint density at radius 1 is 0.889 bits per heavy atom. The van der Waals surface area contributed by atoms with Gasteiger partial charge in [-0.05, 0) is 55.5 Å². The number of amides is 1. The maximum atomic E-state index is 13.3. The average molecular weight is 366 g/mol. The van der Waals surface area contributed by atoms with E-state index in [-0.39, 0.29) is 5.91 Å². The minimum atomic E-state index is -0.00766. The fourth-order valence-electron chi connectivity index (χ4n) is 4.03. The minimum absolute atomic E-state index is 0.00766. The van der Waals surface area contributed by atoms with Gasteiger partial charge in [0.15, 0.2) is 0 Å². The van der Waals surface area contributed by atoms with Crippen LogP contribution < -0.4 is 19.3 Å². The molecule has 2 heterocycles. The molecule has 0 aromatic heterocycles. The minimum Gasteiger partial charge on any atom is -0.497 e. The van der Waals surface area contributed by atoms with Crippen molar-refractivity contribution in [1.29, 1.82) is 0 Å². The molecule has 0 aliphatic carbocycles. The second-order valence-electron chi connectivity index (χ2n) is 7.17. The van der Waals surface area contributed by atoms with Crippen LogP contribution in [0.25, 0.3) is 0 Å². The van der Waals surface area contributed by atoms with Crippen molar-refractivity contribution >= 4 is 17.3 Å². The van der Waals surface area contributed by atoms with E-state index in [1.807, 2.05) is 4.90 Å². The molecule has 1 amide bonds. The molecular weight excluding hydrogens is 340 g/mol. The monoisotopic (exact) mass is 366 g/mol. The first-order valence-electron chi connectivity index (χ1n) is 9.62. The molecule has 0 radical (unpaired) electrons. The molecule has 0 atom stereocenters. The van der Waals surface area contributed by atoms with Crippen LogP contribution in [0.1, 0.15) is 35.2 Å². The number of ether oxygens (including phenoxy) is 2. The van der Waals surface area contributed by atoms with Crippen LogP contribution in [0.5, 0.6) is 11.5 Å². The van der Waals surface area contributed by atoms with Crippen LogP contribution in [0.15, 0.2) is 36.4 Å². The number of fused-ring (bicyclic) bond motifs is 1. The van der Waals surface area contributed by atoms with Crippen LogP contribution in [0.4, 0.5) is 11.4 Å². The number of benzene rings is 2. The molecule has 0 bridgehead atoms. The van der Waals surface area contributed by atoms with Crippen LogP contribution in [0.3, 0.4) is 0 Å². The zero-order valence-corrected chi connectivity index (χ0v) is 16.0. The Kier molecular flexibility index (Phi) is 4.92. The number of carbonyl (C=O) groups is 1. The predicted molar refractivity (Wildman–Crippen MR) is 107 cm³/mol. The highest BCUT2D eigenvalue weighted by atomic mass is 16.5. The van der Waals surface area contributed by atoms with Crippen molar-refractivity contribution in [3.63, 3.8) is 0 Å². The van der Waals surface area contributed by atoms with Gasteiger partial charge in [0.05, 0.1) is 14.2 Å². The molecule has 0 spiro atoms. The molecule has 1 fully saturated rings. The van der Waals surface area contributed by atoms with E-state index in [9.17, 15) is 4.79 Å². The average Bonchev–Trinajstić information content (AvgIpc) is 3.27. The van der Waals surface area contributed by atoms with Gasteiger partial charge in [-0.15, -0.1) is 0 Å². The van der Waals surface area contributed by atoms with E-state index in [0.717, 1.165) is 38.2 Å². The highest BCUT2D eigenvalue weighted by Crippen LogP contribution is 2.34. The summed E-state index contributed by atoms with van der Waals surface area (Å²) in [5, 5.41) is 0. The second-order valence-corrected chi connectivity index (χ2v) is 7.17. The summed E-state index contributed by atoms with van der Waals surface area (Å²) < 4.78 is 10.7. The lowest BCUT2D eigenvalue weighted by Gasteiger charge is -2.31. The van der Waals surface area contributed by atoms with Gasteiger partial charge >= 0.3 is 0 Å². The van der Waals surface area contributed by atoms with Crippen molar-refractivity contribution in [2.45, 2.75) is 25.7 Å². The van der Waals surface area contributed by atoms with E-state index in [4.69, 9.17) is 9.47 Å². The van der Waals surface area contributed by atoms with E-state index in [0.29, 0.717) is 17.1 Å². The van der Waals surface area contributed by atoms with Gasteiger partial charge in [-0.2, -0.15) is 0 Å². The smallest absolute Gasteiger partial charge is 0.258 e. The van der Waals surface area contributed by atoms with Crippen LogP contribution in [-0.4, -0.2) is 39.8 Å². The van der Waals surface area contributed by atoms with Crippen molar-refractivity contribution in [3.05, 3.63) is 47.5 Å². The van der Waals surface area contributed by atoms with Gasteiger partial charge in [0.1, 0.15) is 11.5 Å². The Hall–Kier alpha value is -2.69. The van der Waals surface area contributed by atoms with E-state index < -0.39 is 0 Å². The Morgan fingerprint density at radius 3 is 2.26 bits per heavy atom. The first-order valence-corrected chi connectivity index (χ1v) is 9.62. The maximum Gasteiger partial charge on any atom is 0.258 e. The number of methoxy groups -OCH3 is 2.